The molecule has 2 rings (SSSR count). The summed E-state index contributed by atoms with van der Waals surface area (Å²) in [5.74, 6) is 0.0853. The van der Waals surface area contributed by atoms with E-state index < -0.39 is 10.8 Å². The quantitative estimate of drug-likeness (QED) is 0.439. The van der Waals surface area contributed by atoms with E-state index in [9.17, 15) is 9.00 Å². The summed E-state index contributed by atoms with van der Waals surface area (Å²) in [5, 5.41) is 1.55. The van der Waals surface area contributed by atoms with Gasteiger partial charge in [0.05, 0.1) is 17.2 Å². The highest BCUT2D eigenvalue weighted by Crippen LogP contribution is 2.27. The van der Waals surface area contributed by atoms with Crippen LogP contribution >= 0.6 is 0 Å². The topological polar surface area (TPSA) is 37.4 Å². The average molecular weight is 143 g/mol. The van der Waals surface area contributed by atoms with E-state index in [-0.39, 0.29) is 11.3 Å². The zero-order chi connectivity index (χ0) is 6.43. The number of amides is 1. The molecule has 0 aromatic carbocycles. The van der Waals surface area contributed by atoms with Gasteiger partial charge in [-0.3, -0.25) is 9.00 Å². The minimum absolute atomic E-state index is 0.0162. The van der Waals surface area contributed by atoms with Crippen molar-refractivity contribution in [2.24, 2.45) is 0 Å². The number of hydrogen-bond acceptors (Lipinski definition) is 2. The summed E-state index contributed by atoms with van der Waals surface area (Å²) < 4.78 is 10.8. The van der Waals surface area contributed by atoms with E-state index in [2.05, 4.69) is 0 Å². The second-order valence-corrected chi connectivity index (χ2v) is 3.55. The molecule has 0 radical (unpaired) electrons. The monoisotopic (exact) mass is 143 g/mol. The molecule has 3 nitrogen and oxygen atoms in total. The molecule has 4 heteroatoms. The lowest BCUT2D eigenvalue weighted by Crippen LogP contribution is -2.47. The van der Waals surface area contributed by atoms with E-state index in [1.807, 2.05) is 0 Å². The molecule has 2 aliphatic rings. The molecule has 48 valence electrons. The summed E-state index contributed by atoms with van der Waals surface area (Å²) >= 11 is 0. The van der Waals surface area contributed by atoms with E-state index in [1.165, 1.54) is 4.90 Å². The molecule has 1 saturated heterocycles. The van der Waals surface area contributed by atoms with Gasteiger partial charge in [-0.15, -0.1) is 0 Å². The van der Waals surface area contributed by atoms with Crippen LogP contribution < -0.4 is 0 Å². The fraction of sp³-hybridized carbons (Fsp3) is 0.400. The Kier molecular flexibility index (Phi) is 0.829. The molecule has 0 aliphatic carbocycles. The molecule has 1 amide bonds. The maximum absolute atomic E-state index is 10.8. The van der Waals surface area contributed by atoms with Gasteiger partial charge < -0.3 is 4.90 Å². The van der Waals surface area contributed by atoms with Gasteiger partial charge >= 0.3 is 0 Å². The number of rotatable bonds is 0. The number of carbonyl (C=O) groups excluding carboxylic acids is 1. The molecule has 0 spiro atoms. The zero-order valence-electron chi connectivity index (χ0n) is 4.61. The first-order valence-electron chi connectivity index (χ1n) is 2.68. The fourth-order valence-corrected chi connectivity index (χ4v) is 2.14. The third-order valence-corrected chi connectivity index (χ3v) is 2.89. The summed E-state index contributed by atoms with van der Waals surface area (Å²) in [6, 6.07) is 0. The average Bonchev–Trinajstić information content (AvgIpc) is 2.07. The normalized spacial score (nSPS) is 38.7. The summed E-state index contributed by atoms with van der Waals surface area (Å²) in [4.78, 5) is 12.1. The van der Waals surface area contributed by atoms with Crippen LogP contribution in [0.3, 0.4) is 0 Å². The second-order valence-electron chi connectivity index (χ2n) is 2.07. The Morgan fingerprint density at radius 3 is 3.00 bits per heavy atom. The molecular weight excluding hydrogens is 138 g/mol. The molecular formula is C5H5NO2S. The van der Waals surface area contributed by atoms with Crippen LogP contribution in [0.15, 0.2) is 11.6 Å². The van der Waals surface area contributed by atoms with E-state index >= 15 is 0 Å². The van der Waals surface area contributed by atoms with Crippen LogP contribution in [0.4, 0.5) is 0 Å². The Balaban J connectivity index is 2.29. The van der Waals surface area contributed by atoms with Crippen molar-refractivity contribution in [1.29, 1.82) is 0 Å². The molecule has 2 aliphatic heterocycles. The van der Waals surface area contributed by atoms with Gasteiger partial charge in [0.1, 0.15) is 5.37 Å². The van der Waals surface area contributed by atoms with E-state index in [1.54, 1.807) is 11.6 Å². The predicted octanol–water partition coefficient (Wildman–Crippen LogP) is -0.222. The van der Waals surface area contributed by atoms with Crippen molar-refractivity contribution in [3.05, 3.63) is 11.6 Å². The van der Waals surface area contributed by atoms with Gasteiger partial charge in [-0.05, 0) is 0 Å². The van der Waals surface area contributed by atoms with Crippen molar-refractivity contribution < 1.29 is 9.00 Å². The largest absolute Gasteiger partial charge is 0.302 e. The van der Waals surface area contributed by atoms with Gasteiger partial charge in [0.15, 0.2) is 0 Å². The molecule has 1 unspecified atom stereocenters. The Bertz CT molecular complexity index is 223. The third-order valence-electron chi connectivity index (χ3n) is 1.57. The molecule has 0 saturated carbocycles. The highest BCUT2D eigenvalue weighted by atomic mass is 32.2. The molecule has 0 aromatic rings. The number of hydrogen-bond donors (Lipinski definition) is 0. The standard InChI is InChI=1S/C5H5NO2S/c7-4-3-5-6(4)1-2-9(5)8/h1-2,5H,3H2/t5-,9?/m1/s1. The number of nitrogens with zero attached hydrogens (tertiary/aromatic N) is 1. The predicted molar refractivity (Wildman–Crippen MR) is 32.5 cm³/mol. The summed E-state index contributed by atoms with van der Waals surface area (Å²) in [6.07, 6.45) is 2.06. The molecule has 0 N–H and O–H groups in total. The van der Waals surface area contributed by atoms with Crippen molar-refractivity contribution in [1.82, 2.24) is 4.90 Å². The molecule has 1 fully saturated rings. The lowest BCUT2D eigenvalue weighted by Gasteiger charge is -2.31. The minimum atomic E-state index is -0.907. The number of carbonyl (C=O) groups is 1. The number of β-lactam (4-membered cyclic amide) rings is 1. The van der Waals surface area contributed by atoms with Gasteiger partial charge in [-0.2, -0.15) is 0 Å². The van der Waals surface area contributed by atoms with Crippen LogP contribution in [0, 0.1) is 0 Å². The van der Waals surface area contributed by atoms with Crippen molar-refractivity contribution >= 4 is 16.7 Å². The fourth-order valence-electron chi connectivity index (χ4n) is 0.991. The third kappa shape index (κ3) is 0.510. The van der Waals surface area contributed by atoms with Crippen LogP contribution in [0.5, 0.6) is 0 Å². The Hall–Kier alpha value is -0.640. The lowest BCUT2D eigenvalue weighted by molar-refractivity contribution is -0.137. The SMILES string of the molecule is O=C1C[C@@H]2N1C=CS2=O. The molecule has 0 bridgehead atoms. The summed E-state index contributed by atoms with van der Waals surface area (Å²) in [5.41, 5.74) is 0. The Morgan fingerprint density at radius 1 is 1.78 bits per heavy atom. The van der Waals surface area contributed by atoms with Gasteiger partial charge in [-0.25, -0.2) is 0 Å². The van der Waals surface area contributed by atoms with Crippen LogP contribution in [-0.4, -0.2) is 20.4 Å². The summed E-state index contributed by atoms with van der Waals surface area (Å²) in [7, 11) is -0.907. The lowest BCUT2D eigenvalue weighted by atomic mass is 10.2. The van der Waals surface area contributed by atoms with Crippen molar-refractivity contribution in [3.63, 3.8) is 0 Å². The smallest absolute Gasteiger partial charge is 0.230 e. The molecule has 2 heterocycles. The maximum atomic E-state index is 10.8. The minimum Gasteiger partial charge on any atom is -0.302 e. The van der Waals surface area contributed by atoms with E-state index in [4.69, 9.17) is 0 Å². The van der Waals surface area contributed by atoms with Crippen LogP contribution in [0.1, 0.15) is 6.42 Å². The van der Waals surface area contributed by atoms with Gasteiger partial charge in [0, 0.05) is 11.6 Å². The Labute approximate surface area is 54.8 Å². The van der Waals surface area contributed by atoms with Crippen LogP contribution in [-0.2, 0) is 15.6 Å². The highest BCUT2D eigenvalue weighted by molar-refractivity contribution is 7.89. The van der Waals surface area contributed by atoms with Crippen molar-refractivity contribution in [2.45, 2.75) is 11.8 Å². The maximum Gasteiger partial charge on any atom is 0.230 e. The zero-order valence-corrected chi connectivity index (χ0v) is 5.43. The molecule has 0 aromatic heterocycles. The van der Waals surface area contributed by atoms with Gasteiger partial charge in [0.25, 0.3) is 0 Å². The van der Waals surface area contributed by atoms with Gasteiger partial charge in [-0.1, -0.05) is 0 Å². The van der Waals surface area contributed by atoms with Gasteiger partial charge in [0.2, 0.25) is 5.91 Å². The van der Waals surface area contributed by atoms with Crippen molar-refractivity contribution in [2.75, 3.05) is 0 Å². The summed E-state index contributed by atoms with van der Waals surface area (Å²) in [6.45, 7) is 0. The van der Waals surface area contributed by atoms with E-state index in [0.29, 0.717) is 6.42 Å². The first-order valence-corrected chi connectivity index (χ1v) is 3.95. The number of fused-ring (bicyclic) bond motifs is 1. The van der Waals surface area contributed by atoms with Crippen LogP contribution in [0.2, 0.25) is 0 Å². The highest BCUT2D eigenvalue weighted by Gasteiger charge is 2.41. The second kappa shape index (κ2) is 1.44. The molecule has 2 atom stereocenters. The van der Waals surface area contributed by atoms with E-state index in [0.717, 1.165) is 0 Å². The first kappa shape index (κ1) is 5.17. The molecule has 9 heavy (non-hydrogen) atoms. The first-order chi connectivity index (χ1) is 4.29. The van der Waals surface area contributed by atoms with Crippen LogP contribution in [0.25, 0.3) is 0 Å². The van der Waals surface area contributed by atoms with Crippen molar-refractivity contribution in [3.8, 4) is 0 Å². The Morgan fingerprint density at radius 2 is 2.56 bits per heavy atom.